The Morgan fingerprint density at radius 1 is 1.36 bits per heavy atom. The van der Waals surface area contributed by atoms with Gasteiger partial charge in [0.05, 0.1) is 13.2 Å². The van der Waals surface area contributed by atoms with Crippen molar-refractivity contribution in [3.05, 3.63) is 12.2 Å². The molecule has 0 unspecified atom stereocenters. The standard InChI is InChI=1S/C10H19NO3/c1-4-11-14-8-6-5-7-13-10(12)9(2)3/h11H,2,4-8H2,1,3H3. The van der Waals surface area contributed by atoms with E-state index >= 15 is 0 Å². The molecular weight excluding hydrogens is 182 g/mol. The van der Waals surface area contributed by atoms with Crippen molar-refractivity contribution in [2.75, 3.05) is 19.8 Å². The maximum Gasteiger partial charge on any atom is 0.333 e. The third-order valence-electron chi connectivity index (χ3n) is 1.47. The molecule has 0 spiro atoms. The molecule has 4 heteroatoms. The Kier molecular flexibility index (Phi) is 8.17. The van der Waals surface area contributed by atoms with E-state index < -0.39 is 0 Å². The van der Waals surface area contributed by atoms with E-state index in [1.165, 1.54) is 0 Å². The van der Waals surface area contributed by atoms with Crippen molar-refractivity contribution in [2.24, 2.45) is 0 Å². The Morgan fingerprint density at radius 3 is 2.57 bits per heavy atom. The van der Waals surface area contributed by atoms with Gasteiger partial charge in [-0.1, -0.05) is 13.5 Å². The first-order valence-corrected chi connectivity index (χ1v) is 4.85. The zero-order valence-corrected chi connectivity index (χ0v) is 8.97. The van der Waals surface area contributed by atoms with Crippen LogP contribution in [0.15, 0.2) is 12.2 Å². The Balaban J connectivity index is 3.13. The number of nitrogens with one attached hydrogen (secondary N) is 1. The van der Waals surface area contributed by atoms with Crippen molar-refractivity contribution in [1.29, 1.82) is 0 Å². The molecule has 1 N–H and O–H groups in total. The van der Waals surface area contributed by atoms with Crippen molar-refractivity contribution in [3.8, 4) is 0 Å². The summed E-state index contributed by atoms with van der Waals surface area (Å²) >= 11 is 0. The molecule has 0 aromatic rings. The number of hydrogen-bond donors (Lipinski definition) is 1. The first kappa shape index (κ1) is 13.1. The third kappa shape index (κ3) is 7.76. The largest absolute Gasteiger partial charge is 0.462 e. The molecule has 14 heavy (non-hydrogen) atoms. The summed E-state index contributed by atoms with van der Waals surface area (Å²) in [7, 11) is 0. The molecule has 0 saturated carbocycles. The zero-order chi connectivity index (χ0) is 10.8. The summed E-state index contributed by atoms with van der Waals surface area (Å²) in [6.45, 7) is 8.95. The van der Waals surface area contributed by atoms with Gasteiger partial charge in [0.2, 0.25) is 0 Å². The highest BCUT2D eigenvalue weighted by Gasteiger charge is 2.01. The van der Waals surface area contributed by atoms with Gasteiger partial charge in [-0.25, -0.2) is 10.3 Å². The summed E-state index contributed by atoms with van der Waals surface area (Å²) in [6, 6.07) is 0. The van der Waals surface area contributed by atoms with E-state index in [1.807, 2.05) is 6.92 Å². The van der Waals surface area contributed by atoms with Crippen LogP contribution in [0.25, 0.3) is 0 Å². The number of unbranched alkanes of at least 4 members (excludes halogenated alkanes) is 1. The predicted octanol–water partition coefficient (Wildman–Crippen LogP) is 1.43. The van der Waals surface area contributed by atoms with E-state index in [0.29, 0.717) is 18.8 Å². The summed E-state index contributed by atoms with van der Waals surface area (Å²) in [5, 5.41) is 0. The number of hydroxylamine groups is 1. The van der Waals surface area contributed by atoms with Gasteiger partial charge in [-0.2, -0.15) is 0 Å². The first-order valence-electron chi connectivity index (χ1n) is 4.85. The van der Waals surface area contributed by atoms with Gasteiger partial charge in [-0.3, -0.25) is 0 Å². The van der Waals surface area contributed by atoms with Crippen LogP contribution in [0.5, 0.6) is 0 Å². The van der Waals surface area contributed by atoms with Gasteiger partial charge in [0.1, 0.15) is 0 Å². The highest BCUT2D eigenvalue weighted by molar-refractivity contribution is 5.86. The van der Waals surface area contributed by atoms with Gasteiger partial charge >= 0.3 is 5.97 Å². The van der Waals surface area contributed by atoms with Crippen LogP contribution in [0.3, 0.4) is 0 Å². The van der Waals surface area contributed by atoms with E-state index in [1.54, 1.807) is 6.92 Å². The number of rotatable bonds is 8. The smallest absolute Gasteiger partial charge is 0.333 e. The number of esters is 1. The fourth-order valence-electron chi connectivity index (χ4n) is 0.739. The summed E-state index contributed by atoms with van der Waals surface area (Å²) in [6.07, 6.45) is 1.68. The molecule has 0 rings (SSSR count). The topological polar surface area (TPSA) is 47.6 Å². The molecule has 0 aliphatic heterocycles. The van der Waals surface area contributed by atoms with Gasteiger partial charge in [0.25, 0.3) is 0 Å². The van der Waals surface area contributed by atoms with Gasteiger partial charge < -0.3 is 9.57 Å². The van der Waals surface area contributed by atoms with Crippen LogP contribution in [0.2, 0.25) is 0 Å². The van der Waals surface area contributed by atoms with Crippen LogP contribution in [-0.2, 0) is 14.4 Å². The summed E-state index contributed by atoms with van der Waals surface area (Å²) in [5.41, 5.74) is 3.18. The van der Waals surface area contributed by atoms with Crippen LogP contribution < -0.4 is 5.48 Å². The lowest BCUT2D eigenvalue weighted by Gasteiger charge is -2.04. The lowest BCUT2D eigenvalue weighted by molar-refractivity contribution is -0.139. The van der Waals surface area contributed by atoms with Crippen molar-refractivity contribution in [2.45, 2.75) is 26.7 Å². The Bertz CT molecular complexity index is 180. The molecule has 0 fully saturated rings. The van der Waals surface area contributed by atoms with E-state index in [-0.39, 0.29) is 5.97 Å². The zero-order valence-electron chi connectivity index (χ0n) is 8.97. The number of ether oxygens (including phenoxy) is 1. The van der Waals surface area contributed by atoms with Gasteiger partial charge in [0, 0.05) is 12.1 Å². The van der Waals surface area contributed by atoms with Crippen LogP contribution in [-0.4, -0.2) is 25.7 Å². The van der Waals surface area contributed by atoms with Gasteiger partial charge in [-0.05, 0) is 19.8 Å². The summed E-state index contributed by atoms with van der Waals surface area (Å²) in [5.74, 6) is -0.322. The average molecular weight is 201 g/mol. The molecule has 0 aromatic carbocycles. The molecule has 0 heterocycles. The van der Waals surface area contributed by atoms with Gasteiger partial charge in [-0.15, -0.1) is 0 Å². The van der Waals surface area contributed by atoms with E-state index in [2.05, 4.69) is 12.1 Å². The minimum atomic E-state index is -0.322. The third-order valence-corrected chi connectivity index (χ3v) is 1.47. The molecule has 0 atom stereocenters. The van der Waals surface area contributed by atoms with E-state index in [9.17, 15) is 4.79 Å². The minimum absolute atomic E-state index is 0.322. The number of hydrogen-bond acceptors (Lipinski definition) is 4. The summed E-state index contributed by atoms with van der Waals surface area (Å²) in [4.78, 5) is 15.9. The monoisotopic (exact) mass is 201 g/mol. The molecule has 0 bridgehead atoms. The normalized spacial score (nSPS) is 9.86. The molecular formula is C10H19NO3. The minimum Gasteiger partial charge on any atom is -0.462 e. The second-order valence-electron chi connectivity index (χ2n) is 2.97. The lowest BCUT2D eigenvalue weighted by Crippen LogP contribution is -2.14. The summed E-state index contributed by atoms with van der Waals surface area (Å²) < 4.78 is 4.90. The van der Waals surface area contributed by atoms with Crippen molar-refractivity contribution < 1.29 is 14.4 Å². The molecule has 0 aromatic heterocycles. The Labute approximate surface area is 85.2 Å². The van der Waals surface area contributed by atoms with E-state index in [4.69, 9.17) is 9.57 Å². The molecule has 0 aliphatic rings. The SMILES string of the molecule is C=C(C)C(=O)OCCCCONCC. The Morgan fingerprint density at radius 2 is 2.00 bits per heavy atom. The maximum absolute atomic E-state index is 10.9. The molecule has 82 valence electrons. The maximum atomic E-state index is 10.9. The molecule has 0 amide bonds. The van der Waals surface area contributed by atoms with Crippen molar-refractivity contribution in [3.63, 3.8) is 0 Å². The van der Waals surface area contributed by atoms with E-state index in [0.717, 1.165) is 19.4 Å². The number of carbonyl (C=O) groups excluding carboxylic acids is 1. The molecule has 0 radical (unpaired) electrons. The van der Waals surface area contributed by atoms with Crippen LogP contribution in [0.4, 0.5) is 0 Å². The Hall–Kier alpha value is -0.870. The second kappa shape index (κ2) is 8.72. The molecule has 4 nitrogen and oxygen atoms in total. The van der Waals surface area contributed by atoms with Crippen LogP contribution >= 0.6 is 0 Å². The first-order chi connectivity index (χ1) is 6.68. The fraction of sp³-hybridized carbons (Fsp3) is 0.700. The average Bonchev–Trinajstić information content (AvgIpc) is 2.16. The molecule has 0 saturated heterocycles. The highest BCUT2D eigenvalue weighted by atomic mass is 16.6. The van der Waals surface area contributed by atoms with Crippen molar-refractivity contribution >= 4 is 5.97 Å². The fourth-order valence-corrected chi connectivity index (χ4v) is 0.739. The predicted molar refractivity (Wildman–Crippen MR) is 54.6 cm³/mol. The quantitative estimate of drug-likeness (QED) is 0.279. The molecule has 0 aliphatic carbocycles. The highest BCUT2D eigenvalue weighted by Crippen LogP contribution is 1.95. The lowest BCUT2D eigenvalue weighted by atomic mass is 10.3. The van der Waals surface area contributed by atoms with Gasteiger partial charge in [0.15, 0.2) is 0 Å². The number of carbonyl (C=O) groups is 1. The van der Waals surface area contributed by atoms with Crippen LogP contribution in [0, 0.1) is 0 Å². The second-order valence-corrected chi connectivity index (χ2v) is 2.97. The van der Waals surface area contributed by atoms with Crippen molar-refractivity contribution in [1.82, 2.24) is 5.48 Å². The van der Waals surface area contributed by atoms with Crippen LogP contribution in [0.1, 0.15) is 26.7 Å².